The molecule has 2 rings (SSSR count). The molecule has 0 radical (unpaired) electrons. The molecule has 0 aliphatic rings. The molecule has 0 aliphatic carbocycles. The van der Waals surface area contributed by atoms with Crippen molar-refractivity contribution >= 4 is 27.7 Å². The van der Waals surface area contributed by atoms with E-state index in [1.807, 2.05) is 0 Å². The third kappa shape index (κ3) is 2.44. The highest BCUT2D eigenvalue weighted by molar-refractivity contribution is 9.10. The van der Waals surface area contributed by atoms with Crippen LogP contribution >= 0.6 is 15.9 Å². The highest BCUT2D eigenvalue weighted by Crippen LogP contribution is 2.18. The van der Waals surface area contributed by atoms with Crippen LogP contribution in [0.2, 0.25) is 0 Å². The van der Waals surface area contributed by atoms with Crippen LogP contribution in [0.1, 0.15) is 16.1 Å². The monoisotopic (exact) mass is 296 g/mol. The van der Waals surface area contributed by atoms with Gasteiger partial charge in [-0.3, -0.25) is 14.7 Å². The lowest BCUT2D eigenvalue weighted by molar-refractivity contribution is 0.102. The molecule has 6 nitrogen and oxygen atoms in total. The van der Waals surface area contributed by atoms with Gasteiger partial charge in [-0.05, 0) is 35.0 Å². The number of nitrogens with zero attached hydrogens (tertiary/aromatic N) is 1. The molecule has 0 atom stereocenters. The number of aryl methyl sites for hydroxylation is 1. The number of hydrogen-bond donors (Lipinski definition) is 3. The van der Waals surface area contributed by atoms with Crippen molar-refractivity contribution in [2.45, 2.75) is 6.92 Å². The summed E-state index contributed by atoms with van der Waals surface area (Å²) in [5.74, 6) is -0.0776. The number of pyridine rings is 1. The van der Waals surface area contributed by atoms with Gasteiger partial charge in [0.15, 0.2) is 0 Å². The van der Waals surface area contributed by atoms with Crippen molar-refractivity contribution in [2.24, 2.45) is 0 Å². The zero-order valence-corrected chi connectivity index (χ0v) is 10.5. The van der Waals surface area contributed by atoms with Gasteiger partial charge >= 0.3 is 0 Å². The first-order valence-corrected chi connectivity index (χ1v) is 5.57. The number of carbonyl (C=O) groups is 1. The highest BCUT2D eigenvalue weighted by Gasteiger charge is 2.12. The molecular weight excluding hydrogens is 288 g/mol. The summed E-state index contributed by atoms with van der Waals surface area (Å²) in [5, 5.41) is 8.87. The molecule has 0 bridgehead atoms. The van der Waals surface area contributed by atoms with Crippen LogP contribution < -0.4 is 10.9 Å². The molecule has 7 heteroatoms. The standard InChI is InChI=1S/C10H9BrN4O2/c1-5-2-3-6(9(16)13-5)10(17)14-8-7(11)4-12-15-8/h2-4H,1H3,(H,13,16)(H2,12,14,15,17). The Bertz CT molecular complexity index is 617. The molecule has 2 heterocycles. The number of aromatic amines is 2. The first-order chi connectivity index (χ1) is 8.08. The average molecular weight is 297 g/mol. The van der Waals surface area contributed by atoms with Crippen molar-refractivity contribution in [2.75, 3.05) is 5.32 Å². The third-order valence-electron chi connectivity index (χ3n) is 2.13. The Labute approximate surface area is 105 Å². The lowest BCUT2D eigenvalue weighted by atomic mass is 10.2. The van der Waals surface area contributed by atoms with E-state index >= 15 is 0 Å². The van der Waals surface area contributed by atoms with E-state index in [-0.39, 0.29) is 5.56 Å². The summed E-state index contributed by atoms with van der Waals surface area (Å²) in [4.78, 5) is 25.9. The second-order valence-corrected chi connectivity index (χ2v) is 4.29. The number of amides is 1. The van der Waals surface area contributed by atoms with E-state index in [2.05, 4.69) is 36.4 Å². The predicted molar refractivity (Wildman–Crippen MR) is 66.0 cm³/mol. The Kier molecular flexibility index (Phi) is 3.10. The van der Waals surface area contributed by atoms with E-state index in [4.69, 9.17) is 0 Å². The summed E-state index contributed by atoms with van der Waals surface area (Å²) < 4.78 is 0.620. The number of anilines is 1. The molecule has 0 saturated heterocycles. The molecule has 17 heavy (non-hydrogen) atoms. The van der Waals surface area contributed by atoms with Crippen LogP contribution in [0.15, 0.2) is 27.6 Å². The van der Waals surface area contributed by atoms with Crippen molar-refractivity contribution in [3.8, 4) is 0 Å². The number of nitrogens with one attached hydrogen (secondary N) is 3. The Morgan fingerprint density at radius 3 is 2.82 bits per heavy atom. The Morgan fingerprint density at radius 1 is 1.47 bits per heavy atom. The molecule has 3 N–H and O–H groups in total. The lowest BCUT2D eigenvalue weighted by Crippen LogP contribution is -2.23. The molecule has 0 aromatic carbocycles. The normalized spacial score (nSPS) is 10.2. The summed E-state index contributed by atoms with van der Waals surface area (Å²) in [7, 11) is 0. The molecule has 0 spiro atoms. The fourth-order valence-corrected chi connectivity index (χ4v) is 1.58. The molecule has 0 aliphatic heterocycles. The quantitative estimate of drug-likeness (QED) is 0.783. The van der Waals surface area contributed by atoms with Gasteiger partial charge in [0.1, 0.15) is 11.4 Å². The minimum atomic E-state index is -0.490. The van der Waals surface area contributed by atoms with Crippen molar-refractivity contribution in [1.29, 1.82) is 0 Å². The van der Waals surface area contributed by atoms with Crippen molar-refractivity contribution < 1.29 is 4.79 Å². The van der Waals surface area contributed by atoms with Crippen LogP contribution in [0.5, 0.6) is 0 Å². The van der Waals surface area contributed by atoms with E-state index < -0.39 is 11.5 Å². The summed E-state index contributed by atoms with van der Waals surface area (Å²) in [5.41, 5.74) is 0.338. The topological polar surface area (TPSA) is 90.6 Å². The summed E-state index contributed by atoms with van der Waals surface area (Å²) in [6.07, 6.45) is 1.51. The van der Waals surface area contributed by atoms with Gasteiger partial charge in [0, 0.05) is 5.69 Å². The lowest BCUT2D eigenvalue weighted by Gasteiger charge is -2.02. The Hall–Kier alpha value is -1.89. The molecular formula is C10H9BrN4O2. The number of halogens is 1. The largest absolute Gasteiger partial charge is 0.326 e. The first-order valence-electron chi connectivity index (χ1n) is 4.78. The number of hydrogen-bond acceptors (Lipinski definition) is 3. The van der Waals surface area contributed by atoms with E-state index in [1.165, 1.54) is 12.3 Å². The van der Waals surface area contributed by atoms with Crippen LogP contribution in [0, 0.1) is 6.92 Å². The number of rotatable bonds is 2. The molecule has 0 fully saturated rings. The molecule has 0 saturated carbocycles. The van der Waals surface area contributed by atoms with Crippen LogP contribution in [-0.4, -0.2) is 21.1 Å². The van der Waals surface area contributed by atoms with Gasteiger partial charge in [-0.25, -0.2) is 0 Å². The van der Waals surface area contributed by atoms with Crippen LogP contribution in [0.4, 0.5) is 5.82 Å². The Morgan fingerprint density at radius 2 is 2.24 bits per heavy atom. The van der Waals surface area contributed by atoms with Gasteiger partial charge in [-0.2, -0.15) is 5.10 Å². The van der Waals surface area contributed by atoms with Crippen molar-refractivity contribution in [3.63, 3.8) is 0 Å². The minimum Gasteiger partial charge on any atom is -0.326 e. The van der Waals surface area contributed by atoms with Gasteiger partial charge < -0.3 is 10.3 Å². The van der Waals surface area contributed by atoms with Crippen LogP contribution in [0.3, 0.4) is 0 Å². The number of aromatic nitrogens is 3. The first kappa shape index (κ1) is 11.6. The zero-order chi connectivity index (χ0) is 12.4. The van der Waals surface area contributed by atoms with E-state index in [0.717, 1.165) is 0 Å². The smallest absolute Gasteiger partial charge is 0.262 e. The summed E-state index contributed by atoms with van der Waals surface area (Å²) >= 11 is 3.20. The van der Waals surface area contributed by atoms with E-state index in [9.17, 15) is 9.59 Å². The maximum atomic E-state index is 11.8. The highest BCUT2D eigenvalue weighted by atomic mass is 79.9. The molecule has 1 amide bonds. The summed E-state index contributed by atoms with van der Waals surface area (Å²) in [6.45, 7) is 1.74. The number of H-pyrrole nitrogens is 2. The maximum Gasteiger partial charge on any atom is 0.262 e. The molecule has 2 aromatic rings. The van der Waals surface area contributed by atoms with Gasteiger partial charge in [0.25, 0.3) is 11.5 Å². The van der Waals surface area contributed by atoms with E-state index in [1.54, 1.807) is 13.0 Å². The van der Waals surface area contributed by atoms with Gasteiger partial charge in [0.2, 0.25) is 0 Å². The van der Waals surface area contributed by atoms with Crippen LogP contribution in [0.25, 0.3) is 0 Å². The molecule has 0 unspecified atom stereocenters. The van der Waals surface area contributed by atoms with Gasteiger partial charge in [-0.1, -0.05) is 0 Å². The van der Waals surface area contributed by atoms with Gasteiger partial charge in [-0.15, -0.1) is 0 Å². The predicted octanol–water partition coefficient (Wildman–Crippen LogP) is 1.42. The summed E-state index contributed by atoms with van der Waals surface area (Å²) in [6, 6.07) is 3.14. The Balaban J connectivity index is 2.27. The van der Waals surface area contributed by atoms with Crippen molar-refractivity contribution in [3.05, 3.63) is 44.4 Å². The van der Waals surface area contributed by atoms with Gasteiger partial charge in [0.05, 0.1) is 10.7 Å². The maximum absolute atomic E-state index is 11.8. The van der Waals surface area contributed by atoms with E-state index in [0.29, 0.717) is 16.0 Å². The van der Waals surface area contributed by atoms with Crippen LogP contribution in [-0.2, 0) is 0 Å². The zero-order valence-electron chi connectivity index (χ0n) is 8.87. The fraction of sp³-hybridized carbons (Fsp3) is 0.100. The number of carbonyl (C=O) groups excluding carboxylic acids is 1. The SMILES string of the molecule is Cc1ccc(C(=O)Nc2[nH]ncc2Br)c(=O)[nH]1. The molecule has 88 valence electrons. The third-order valence-corrected chi connectivity index (χ3v) is 2.73. The minimum absolute atomic E-state index is 0.0529. The fourth-order valence-electron chi connectivity index (χ4n) is 1.29. The second-order valence-electron chi connectivity index (χ2n) is 3.43. The van der Waals surface area contributed by atoms with Crippen molar-refractivity contribution in [1.82, 2.24) is 15.2 Å². The molecule has 2 aromatic heterocycles. The average Bonchev–Trinajstić information content (AvgIpc) is 2.64. The second kappa shape index (κ2) is 4.54.